The number of fused-ring (bicyclic) bond motifs is 1. The number of hydrogen-bond donors (Lipinski definition) is 0. The van der Waals surface area contributed by atoms with Gasteiger partial charge in [0.05, 0.1) is 19.3 Å². The van der Waals surface area contributed by atoms with E-state index in [1.807, 2.05) is 61.3 Å². The van der Waals surface area contributed by atoms with Gasteiger partial charge in [-0.15, -0.1) is 0 Å². The van der Waals surface area contributed by atoms with Crippen LogP contribution in [0.25, 0.3) is 10.9 Å². The number of nitrogens with zero attached hydrogens (tertiary/aromatic N) is 3. The SMILES string of the molecule is Cc1ccc(C(=O)N2CCOCC2Cc2cn(C)c3ccc(C(=O)N(C)C)cc23)cc1. The van der Waals surface area contributed by atoms with E-state index in [4.69, 9.17) is 4.74 Å². The predicted molar refractivity (Wildman–Crippen MR) is 121 cm³/mol. The molecule has 162 valence electrons. The van der Waals surface area contributed by atoms with E-state index in [1.54, 1.807) is 19.0 Å². The fraction of sp³-hybridized carbons (Fsp3) is 0.360. The highest BCUT2D eigenvalue weighted by molar-refractivity contribution is 5.99. The summed E-state index contributed by atoms with van der Waals surface area (Å²) < 4.78 is 7.81. The molecule has 2 aromatic carbocycles. The summed E-state index contributed by atoms with van der Waals surface area (Å²) in [5.41, 5.74) is 4.68. The molecule has 4 rings (SSSR count). The summed E-state index contributed by atoms with van der Waals surface area (Å²) in [5, 5.41) is 1.04. The van der Waals surface area contributed by atoms with E-state index in [1.165, 1.54) is 0 Å². The zero-order valence-corrected chi connectivity index (χ0v) is 18.6. The lowest BCUT2D eigenvalue weighted by atomic mass is 10.0. The van der Waals surface area contributed by atoms with E-state index in [0.29, 0.717) is 37.3 Å². The van der Waals surface area contributed by atoms with Crippen LogP contribution in [0.3, 0.4) is 0 Å². The first-order valence-electron chi connectivity index (χ1n) is 10.6. The topological polar surface area (TPSA) is 54.8 Å². The summed E-state index contributed by atoms with van der Waals surface area (Å²) in [4.78, 5) is 29.2. The Hall–Kier alpha value is -3.12. The third kappa shape index (κ3) is 4.21. The summed E-state index contributed by atoms with van der Waals surface area (Å²) in [7, 11) is 5.52. The van der Waals surface area contributed by atoms with Crippen molar-refractivity contribution in [1.29, 1.82) is 0 Å². The number of aryl methyl sites for hydroxylation is 2. The van der Waals surface area contributed by atoms with Crippen molar-refractivity contribution in [2.75, 3.05) is 33.9 Å². The Bertz CT molecular complexity index is 1110. The van der Waals surface area contributed by atoms with Crippen LogP contribution in [0.2, 0.25) is 0 Å². The van der Waals surface area contributed by atoms with Gasteiger partial charge in [0.15, 0.2) is 0 Å². The molecular formula is C25H29N3O3. The van der Waals surface area contributed by atoms with Crippen molar-refractivity contribution in [3.05, 3.63) is 70.9 Å². The summed E-state index contributed by atoms with van der Waals surface area (Å²) in [6.07, 6.45) is 2.77. The number of hydrogen-bond acceptors (Lipinski definition) is 3. The molecule has 31 heavy (non-hydrogen) atoms. The minimum absolute atomic E-state index is 0.0196. The lowest BCUT2D eigenvalue weighted by molar-refractivity contribution is -0.00156. The maximum absolute atomic E-state index is 13.2. The summed E-state index contributed by atoms with van der Waals surface area (Å²) in [5.74, 6) is 0.0193. The molecule has 0 saturated carbocycles. The van der Waals surface area contributed by atoms with Crippen molar-refractivity contribution < 1.29 is 14.3 Å². The van der Waals surface area contributed by atoms with E-state index in [2.05, 4.69) is 10.8 Å². The number of morpholine rings is 1. The van der Waals surface area contributed by atoms with Gasteiger partial charge in [0.1, 0.15) is 0 Å². The summed E-state index contributed by atoms with van der Waals surface area (Å²) in [6.45, 7) is 3.64. The Labute approximate surface area is 183 Å². The fourth-order valence-electron chi connectivity index (χ4n) is 4.23. The zero-order valence-electron chi connectivity index (χ0n) is 18.6. The van der Waals surface area contributed by atoms with Gasteiger partial charge in [-0.05, 0) is 49.2 Å². The van der Waals surface area contributed by atoms with Gasteiger partial charge in [0.2, 0.25) is 0 Å². The molecule has 1 aliphatic heterocycles. The second-order valence-electron chi connectivity index (χ2n) is 8.49. The number of carbonyl (C=O) groups is 2. The van der Waals surface area contributed by atoms with Crippen LogP contribution in [0.1, 0.15) is 31.8 Å². The van der Waals surface area contributed by atoms with Crippen molar-refractivity contribution in [3.8, 4) is 0 Å². The van der Waals surface area contributed by atoms with Crippen LogP contribution in [0, 0.1) is 6.92 Å². The average molecular weight is 420 g/mol. The molecule has 6 nitrogen and oxygen atoms in total. The molecule has 0 spiro atoms. The number of rotatable bonds is 4. The summed E-state index contributed by atoms with van der Waals surface area (Å²) >= 11 is 0. The first kappa shape index (κ1) is 21.1. The lowest BCUT2D eigenvalue weighted by Crippen LogP contribution is -2.49. The van der Waals surface area contributed by atoms with Crippen molar-refractivity contribution in [1.82, 2.24) is 14.4 Å². The molecule has 1 fully saturated rings. The molecule has 2 heterocycles. The average Bonchev–Trinajstić information content (AvgIpc) is 3.08. The molecule has 1 aromatic heterocycles. The number of carbonyl (C=O) groups excluding carboxylic acids is 2. The van der Waals surface area contributed by atoms with E-state index in [-0.39, 0.29) is 17.9 Å². The highest BCUT2D eigenvalue weighted by Crippen LogP contribution is 2.26. The number of ether oxygens (including phenoxy) is 1. The lowest BCUT2D eigenvalue weighted by Gasteiger charge is -2.35. The molecule has 0 bridgehead atoms. The minimum Gasteiger partial charge on any atom is -0.377 e. The quantitative estimate of drug-likeness (QED) is 0.652. The van der Waals surface area contributed by atoms with Crippen molar-refractivity contribution in [2.24, 2.45) is 7.05 Å². The van der Waals surface area contributed by atoms with Gasteiger partial charge in [0.25, 0.3) is 11.8 Å². The maximum atomic E-state index is 13.2. The van der Waals surface area contributed by atoms with Gasteiger partial charge >= 0.3 is 0 Å². The molecule has 0 N–H and O–H groups in total. The van der Waals surface area contributed by atoms with E-state index in [9.17, 15) is 9.59 Å². The molecule has 1 atom stereocenters. The first-order valence-corrected chi connectivity index (χ1v) is 10.6. The Morgan fingerprint density at radius 3 is 2.52 bits per heavy atom. The van der Waals surface area contributed by atoms with Gasteiger partial charge in [-0.2, -0.15) is 0 Å². The van der Waals surface area contributed by atoms with Crippen LogP contribution in [0.15, 0.2) is 48.7 Å². The smallest absolute Gasteiger partial charge is 0.254 e. The largest absolute Gasteiger partial charge is 0.377 e. The van der Waals surface area contributed by atoms with Crippen LogP contribution in [-0.2, 0) is 18.2 Å². The number of benzene rings is 2. The van der Waals surface area contributed by atoms with E-state index < -0.39 is 0 Å². The molecule has 1 saturated heterocycles. The van der Waals surface area contributed by atoms with Crippen LogP contribution in [0.5, 0.6) is 0 Å². The molecule has 3 aromatic rings. The van der Waals surface area contributed by atoms with Crippen LogP contribution in [0.4, 0.5) is 0 Å². The minimum atomic E-state index is -0.0543. The summed E-state index contributed by atoms with van der Waals surface area (Å²) in [6, 6.07) is 13.5. The second-order valence-corrected chi connectivity index (χ2v) is 8.49. The number of aromatic nitrogens is 1. The molecule has 2 amide bonds. The molecular weight excluding hydrogens is 390 g/mol. The third-order valence-corrected chi connectivity index (χ3v) is 5.97. The Balaban J connectivity index is 1.64. The monoisotopic (exact) mass is 419 g/mol. The highest BCUT2D eigenvalue weighted by atomic mass is 16.5. The van der Waals surface area contributed by atoms with Crippen LogP contribution >= 0.6 is 0 Å². The van der Waals surface area contributed by atoms with E-state index in [0.717, 1.165) is 22.0 Å². The molecule has 6 heteroatoms. The highest BCUT2D eigenvalue weighted by Gasteiger charge is 2.29. The Morgan fingerprint density at radius 1 is 1.10 bits per heavy atom. The molecule has 1 unspecified atom stereocenters. The van der Waals surface area contributed by atoms with E-state index >= 15 is 0 Å². The molecule has 0 aliphatic carbocycles. The molecule has 1 aliphatic rings. The standard InChI is InChI=1S/C25H29N3O3/c1-17-5-7-18(8-6-17)25(30)28-11-12-31-16-21(28)13-20-15-27(4)23-10-9-19(14-22(20)23)24(29)26(2)3/h5-10,14-15,21H,11-13,16H2,1-4H3. The normalized spacial score (nSPS) is 16.5. The predicted octanol–water partition coefficient (Wildman–Crippen LogP) is 3.27. The van der Waals surface area contributed by atoms with Crippen molar-refractivity contribution >= 4 is 22.7 Å². The van der Waals surface area contributed by atoms with Crippen molar-refractivity contribution in [2.45, 2.75) is 19.4 Å². The number of amides is 2. The van der Waals surface area contributed by atoms with Gasteiger partial charge in [-0.1, -0.05) is 17.7 Å². The fourth-order valence-corrected chi connectivity index (χ4v) is 4.23. The van der Waals surface area contributed by atoms with Crippen LogP contribution in [-0.4, -0.2) is 66.1 Å². The van der Waals surface area contributed by atoms with Crippen LogP contribution < -0.4 is 0 Å². The van der Waals surface area contributed by atoms with Gasteiger partial charge in [-0.3, -0.25) is 9.59 Å². The molecule has 0 radical (unpaired) electrons. The first-order chi connectivity index (χ1) is 14.8. The van der Waals surface area contributed by atoms with Gasteiger partial charge in [0, 0.05) is 55.9 Å². The second kappa shape index (κ2) is 8.55. The van der Waals surface area contributed by atoms with Gasteiger partial charge < -0.3 is 19.1 Å². The third-order valence-electron chi connectivity index (χ3n) is 5.97. The maximum Gasteiger partial charge on any atom is 0.254 e. The Morgan fingerprint density at radius 2 is 1.81 bits per heavy atom. The van der Waals surface area contributed by atoms with Crippen molar-refractivity contribution in [3.63, 3.8) is 0 Å². The van der Waals surface area contributed by atoms with Gasteiger partial charge in [-0.25, -0.2) is 0 Å². The Kier molecular flexibility index (Phi) is 5.83. The zero-order chi connectivity index (χ0) is 22.1.